The molecule has 2 aliphatic rings. The average Bonchev–Trinajstić information content (AvgIpc) is 3.22. The van der Waals surface area contributed by atoms with Gasteiger partial charge in [0, 0.05) is 12.5 Å². The van der Waals surface area contributed by atoms with Crippen molar-refractivity contribution in [1.29, 1.82) is 0 Å². The molecule has 1 aliphatic carbocycles. The van der Waals surface area contributed by atoms with Crippen LogP contribution in [0.15, 0.2) is 30.3 Å². The first-order chi connectivity index (χ1) is 10.3. The molecule has 1 aromatic carbocycles. The van der Waals surface area contributed by atoms with Crippen LogP contribution in [0.25, 0.3) is 0 Å². The molecule has 1 aromatic rings. The highest BCUT2D eigenvalue weighted by molar-refractivity contribution is 5.82. The van der Waals surface area contributed by atoms with E-state index >= 15 is 0 Å². The quantitative estimate of drug-likeness (QED) is 0.784. The summed E-state index contributed by atoms with van der Waals surface area (Å²) < 4.78 is 5.58. The zero-order valence-electron chi connectivity index (χ0n) is 12.4. The lowest BCUT2D eigenvalue weighted by molar-refractivity contribution is -0.123. The number of ether oxygens (including phenoxy) is 1. The van der Waals surface area contributed by atoms with E-state index < -0.39 is 0 Å². The predicted octanol–water partition coefficient (Wildman–Crippen LogP) is 1.71. The van der Waals surface area contributed by atoms with E-state index in [-0.39, 0.29) is 11.8 Å². The number of carbonyl (C=O) groups is 1. The first-order valence-electron chi connectivity index (χ1n) is 7.90. The first kappa shape index (κ1) is 14.5. The van der Waals surface area contributed by atoms with Gasteiger partial charge in [0.2, 0.25) is 5.91 Å². The lowest BCUT2D eigenvalue weighted by atomic mass is 9.92. The number of rotatable bonds is 6. The highest BCUT2D eigenvalue weighted by Gasteiger charge is 2.57. The van der Waals surface area contributed by atoms with Gasteiger partial charge in [0.15, 0.2) is 0 Å². The van der Waals surface area contributed by atoms with Gasteiger partial charge in [-0.15, -0.1) is 0 Å². The van der Waals surface area contributed by atoms with E-state index in [1.807, 2.05) is 30.3 Å². The minimum absolute atomic E-state index is 0.222. The average molecular weight is 288 g/mol. The standard InChI is InChI=1S/C17H24N2O2/c20-16(15-12-17(15)6-8-18-9-7-17)19-10-11-21-13-14-4-2-1-3-5-14/h1-5,15,18H,6-13H2,(H,19,20). The van der Waals surface area contributed by atoms with Gasteiger partial charge in [-0.1, -0.05) is 30.3 Å². The third kappa shape index (κ3) is 3.63. The summed E-state index contributed by atoms with van der Waals surface area (Å²) >= 11 is 0. The fraction of sp³-hybridized carbons (Fsp3) is 0.588. The van der Waals surface area contributed by atoms with Crippen LogP contribution in [-0.4, -0.2) is 32.1 Å². The van der Waals surface area contributed by atoms with Crippen molar-refractivity contribution in [2.24, 2.45) is 11.3 Å². The van der Waals surface area contributed by atoms with Gasteiger partial charge in [0.05, 0.1) is 13.2 Å². The number of hydrogen-bond acceptors (Lipinski definition) is 3. The van der Waals surface area contributed by atoms with Crippen molar-refractivity contribution in [3.8, 4) is 0 Å². The molecule has 3 rings (SSSR count). The molecule has 4 heteroatoms. The van der Waals surface area contributed by atoms with Crippen LogP contribution in [0.4, 0.5) is 0 Å². The van der Waals surface area contributed by atoms with Crippen molar-refractivity contribution < 1.29 is 9.53 Å². The number of piperidine rings is 1. The fourth-order valence-electron chi connectivity index (χ4n) is 3.33. The van der Waals surface area contributed by atoms with Gasteiger partial charge >= 0.3 is 0 Å². The fourth-order valence-corrected chi connectivity index (χ4v) is 3.33. The zero-order valence-corrected chi connectivity index (χ0v) is 12.4. The van der Waals surface area contributed by atoms with Crippen molar-refractivity contribution in [2.75, 3.05) is 26.2 Å². The molecule has 4 nitrogen and oxygen atoms in total. The molecule has 0 bridgehead atoms. The SMILES string of the molecule is O=C(NCCOCc1ccccc1)C1CC12CCNCC2. The Bertz CT molecular complexity index is 469. The summed E-state index contributed by atoms with van der Waals surface area (Å²) in [4.78, 5) is 12.1. The molecule has 1 spiro atoms. The maximum absolute atomic E-state index is 12.1. The van der Waals surface area contributed by atoms with Gasteiger partial charge in [0.25, 0.3) is 0 Å². The summed E-state index contributed by atoms with van der Waals surface area (Å²) in [5.74, 6) is 0.467. The summed E-state index contributed by atoms with van der Waals surface area (Å²) in [6, 6.07) is 10.1. The second-order valence-corrected chi connectivity index (χ2v) is 6.20. The molecule has 2 fully saturated rings. The van der Waals surface area contributed by atoms with E-state index in [1.165, 1.54) is 5.56 Å². The lowest BCUT2D eigenvalue weighted by Crippen LogP contribution is -2.34. The molecule has 1 atom stereocenters. The number of carbonyl (C=O) groups excluding carboxylic acids is 1. The van der Waals surface area contributed by atoms with Gasteiger partial charge in [-0.3, -0.25) is 4.79 Å². The maximum Gasteiger partial charge on any atom is 0.223 e. The minimum atomic E-state index is 0.222. The molecule has 114 valence electrons. The largest absolute Gasteiger partial charge is 0.375 e. The number of benzene rings is 1. The van der Waals surface area contributed by atoms with Crippen LogP contribution >= 0.6 is 0 Å². The Morgan fingerprint density at radius 3 is 2.81 bits per heavy atom. The van der Waals surface area contributed by atoms with Crippen LogP contribution in [0.5, 0.6) is 0 Å². The van der Waals surface area contributed by atoms with E-state index in [2.05, 4.69) is 10.6 Å². The van der Waals surface area contributed by atoms with Crippen LogP contribution in [0, 0.1) is 11.3 Å². The summed E-state index contributed by atoms with van der Waals surface area (Å²) in [6.45, 7) is 3.90. The highest BCUT2D eigenvalue weighted by Crippen LogP contribution is 2.58. The second kappa shape index (κ2) is 6.58. The molecule has 0 aromatic heterocycles. The van der Waals surface area contributed by atoms with Gasteiger partial charge in [0.1, 0.15) is 0 Å². The normalized spacial score (nSPS) is 23.0. The van der Waals surface area contributed by atoms with Crippen LogP contribution in [0.3, 0.4) is 0 Å². The van der Waals surface area contributed by atoms with Crippen LogP contribution in [0.1, 0.15) is 24.8 Å². The first-order valence-corrected chi connectivity index (χ1v) is 7.90. The molecule has 2 N–H and O–H groups in total. The second-order valence-electron chi connectivity index (χ2n) is 6.20. The molecule has 1 amide bonds. The number of nitrogens with one attached hydrogen (secondary N) is 2. The van der Waals surface area contributed by atoms with E-state index in [1.54, 1.807) is 0 Å². The molecular formula is C17H24N2O2. The van der Waals surface area contributed by atoms with Crippen molar-refractivity contribution in [1.82, 2.24) is 10.6 Å². The molecule has 0 radical (unpaired) electrons. The molecule has 1 saturated carbocycles. The van der Waals surface area contributed by atoms with Crippen molar-refractivity contribution >= 4 is 5.91 Å². The monoisotopic (exact) mass is 288 g/mol. The molecular weight excluding hydrogens is 264 g/mol. The Morgan fingerprint density at radius 2 is 2.05 bits per heavy atom. The van der Waals surface area contributed by atoms with Crippen molar-refractivity contribution in [3.05, 3.63) is 35.9 Å². The Hall–Kier alpha value is -1.39. The lowest BCUT2D eigenvalue weighted by Gasteiger charge is -2.23. The number of hydrogen-bond donors (Lipinski definition) is 2. The van der Waals surface area contributed by atoms with Gasteiger partial charge in [-0.2, -0.15) is 0 Å². The zero-order chi connectivity index (χ0) is 14.5. The summed E-state index contributed by atoms with van der Waals surface area (Å²) in [6.07, 6.45) is 3.37. The van der Waals surface area contributed by atoms with Crippen LogP contribution in [0.2, 0.25) is 0 Å². The smallest absolute Gasteiger partial charge is 0.223 e. The number of amides is 1. The van der Waals surface area contributed by atoms with Gasteiger partial charge in [-0.05, 0) is 43.3 Å². The minimum Gasteiger partial charge on any atom is -0.375 e. The van der Waals surface area contributed by atoms with E-state index in [4.69, 9.17) is 4.74 Å². The van der Waals surface area contributed by atoms with Gasteiger partial charge < -0.3 is 15.4 Å². The summed E-state index contributed by atoms with van der Waals surface area (Å²) in [7, 11) is 0. The van der Waals surface area contributed by atoms with E-state index in [0.717, 1.165) is 32.4 Å². The summed E-state index contributed by atoms with van der Waals surface area (Å²) in [5.41, 5.74) is 1.49. The van der Waals surface area contributed by atoms with Gasteiger partial charge in [-0.25, -0.2) is 0 Å². The highest BCUT2D eigenvalue weighted by atomic mass is 16.5. The van der Waals surface area contributed by atoms with Crippen molar-refractivity contribution in [2.45, 2.75) is 25.9 Å². The molecule has 1 unspecified atom stereocenters. The Kier molecular flexibility index (Phi) is 4.56. The Labute approximate surface area is 126 Å². The van der Waals surface area contributed by atoms with Crippen LogP contribution in [-0.2, 0) is 16.1 Å². The van der Waals surface area contributed by atoms with E-state index in [9.17, 15) is 4.79 Å². The third-order valence-corrected chi connectivity index (χ3v) is 4.76. The topological polar surface area (TPSA) is 50.4 Å². The molecule has 21 heavy (non-hydrogen) atoms. The maximum atomic E-state index is 12.1. The van der Waals surface area contributed by atoms with Crippen molar-refractivity contribution in [3.63, 3.8) is 0 Å². The third-order valence-electron chi connectivity index (χ3n) is 4.76. The Morgan fingerprint density at radius 1 is 1.29 bits per heavy atom. The van der Waals surface area contributed by atoms with E-state index in [0.29, 0.717) is 25.2 Å². The summed E-state index contributed by atoms with van der Waals surface area (Å²) in [5, 5.41) is 6.38. The Balaban J connectivity index is 1.30. The molecule has 1 aliphatic heterocycles. The molecule has 1 saturated heterocycles. The predicted molar refractivity (Wildman–Crippen MR) is 81.8 cm³/mol. The molecule has 1 heterocycles. The van der Waals surface area contributed by atoms with Crippen LogP contribution < -0.4 is 10.6 Å².